The minimum Gasteiger partial charge on any atom is -0.369 e. The normalized spacial score (nSPS) is 30.5. The predicted molar refractivity (Wildman–Crippen MR) is 131 cm³/mol. The van der Waals surface area contributed by atoms with Crippen LogP contribution in [-0.4, -0.2) is 29.4 Å². The van der Waals surface area contributed by atoms with E-state index in [1.54, 1.807) is 4.90 Å². The molecule has 2 aliphatic carbocycles. The van der Waals surface area contributed by atoms with Crippen molar-refractivity contribution in [3.8, 4) is 0 Å². The highest BCUT2D eigenvalue weighted by Gasteiger charge is 2.47. The van der Waals surface area contributed by atoms with Crippen LogP contribution in [0.5, 0.6) is 0 Å². The zero-order valence-corrected chi connectivity index (χ0v) is 20.5. The Balaban J connectivity index is 1.54. The average molecular weight is 432 g/mol. The van der Waals surface area contributed by atoms with E-state index in [1.165, 1.54) is 103 Å². The van der Waals surface area contributed by atoms with Gasteiger partial charge in [-0.2, -0.15) is 0 Å². The van der Waals surface area contributed by atoms with E-state index in [9.17, 15) is 4.79 Å². The number of carbonyl (C=O) groups is 1. The number of hydrogen-bond acceptors (Lipinski definition) is 3. The van der Waals surface area contributed by atoms with Gasteiger partial charge in [-0.1, -0.05) is 110 Å². The van der Waals surface area contributed by atoms with Gasteiger partial charge in [0.1, 0.15) is 5.54 Å². The summed E-state index contributed by atoms with van der Waals surface area (Å²) >= 11 is 0. The molecular weight excluding hydrogens is 382 g/mol. The van der Waals surface area contributed by atoms with Crippen molar-refractivity contribution in [3.05, 3.63) is 0 Å². The first kappa shape index (κ1) is 24.6. The zero-order chi connectivity index (χ0) is 22.1. The first-order chi connectivity index (χ1) is 15.0. The highest BCUT2D eigenvalue weighted by Crippen LogP contribution is 2.41. The van der Waals surface area contributed by atoms with Crippen LogP contribution < -0.4 is 5.73 Å². The van der Waals surface area contributed by atoms with Crippen LogP contribution in [0.1, 0.15) is 129 Å². The van der Waals surface area contributed by atoms with Gasteiger partial charge in [-0.3, -0.25) is 9.69 Å². The molecule has 0 aromatic carbocycles. The van der Waals surface area contributed by atoms with Crippen molar-refractivity contribution in [2.75, 3.05) is 7.05 Å². The van der Waals surface area contributed by atoms with Crippen molar-refractivity contribution in [2.45, 2.75) is 134 Å². The number of amides is 1. The third-order valence-electron chi connectivity index (χ3n) is 8.62. The maximum Gasteiger partial charge on any atom is 0.257 e. The number of carbonyl (C=O) groups excluding carboxylic acids is 1. The molecule has 0 radical (unpaired) electrons. The molecule has 2 unspecified atom stereocenters. The lowest BCUT2D eigenvalue weighted by Gasteiger charge is -2.31. The monoisotopic (exact) mass is 431 g/mol. The van der Waals surface area contributed by atoms with Gasteiger partial charge in [0, 0.05) is 7.05 Å². The maximum absolute atomic E-state index is 13.3. The highest BCUT2D eigenvalue weighted by molar-refractivity contribution is 6.06. The summed E-state index contributed by atoms with van der Waals surface area (Å²) in [6.45, 7) is 2.29. The third kappa shape index (κ3) is 6.96. The summed E-state index contributed by atoms with van der Waals surface area (Å²) in [5, 5.41) is 0. The Morgan fingerprint density at radius 3 is 2.23 bits per heavy atom. The van der Waals surface area contributed by atoms with Gasteiger partial charge in [-0.15, -0.1) is 0 Å². The summed E-state index contributed by atoms with van der Waals surface area (Å²) in [5.41, 5.74) is 5.59. The van der Waals surface area contributed by atoms with Crippen molar-refractivity contribution in [3.63, 3.8) is 0 Å². The van der Waals surface area contributed by atoms with E-state index in [0.29, 0.717) is 11.9 Å². The molecule has 0 spiro atoms. The lowest BCUT2D eigenvalue weighted by atomic mass is 9.77. The van der Waals surface area contributed by atoms with Crippen LogP contribution in [0.2, 0.25) is 0 Å². The second-order valence-electron chi connectivity index (χ2n) is 11.1. The summed E-state index contributed by atoms with van der Waals surface area (Å²) in [6.07, 6.45) is 24.7. The number of hydrogen-bond donors (Lipinski definition) is 1. The molecule has 1 aliphatic heterocycles. The summed E-state index contributed by atoms with van der Waals surface area (Å²) < 4.78 is 0. The van der Waals surface area contributed by atoms with Gasteiger partial charge in [0.25, 0.3) is 5.91 Å². The number of nitrogens with zero attached hydrogens (tertiary/aromatic N) is 2. The van der Waals surface area contributed by atoms with Crippen molar-refractivity contribution in [1.82, 2.24) is 4.90 Å². The number of aliphatic imine (C=N–C) groups is 1. The van der Waals surface area contributed by atoms with Crippen LogP contribution in [0.4, 0.5) is 0 Å². The minimum atomic E-state index is -0.569. The van der Waals surface area contributed by atoms with Crippen molar-refractivity contribution in [1.29, 1.82) is 0 Å². The highest BCUT2D eigenvalue weighted by atomic mass is 16.2. The fourth-order valence-electron chi connectivity index (χ4n) is 6.54. The van der Waals surface area contributed by atoms with E-state index in [1.807, 2.05) is 7.05 Å². The molecular formula is C27H49N3O. The lowest BCUT2D eigenvalue weighted by molar-refractivity contribution is -0.131. The Bertz CT molecular complexity index is 583. The van der Waals surface area contributed by atoms with Crippen molar-refractivity contribution < 1.29 is 4.79 Å². The van der Waals surface area contributed by atoms with Crippen LogP contribution >= 0.6 is 0 Å². The Labute approximate surface area is 191 Å². The summed E-state index contributed by atoms with van der Waals surface area (Å²) in [6, 6.07) is 0. The number of rotatable bonds is 11. The molecule has 0 aromatic heterocycles. The van der Waals surface area contributed by atoms with Gasteiger partial charge in [0.05, 0.1) is 0 Å². The van der Waals surface area contributed by atoms with E-state index in [-0.39, 0.29) is 5.91 Å². The SMILES string of the molecule is CCCCCCCC1CCCC(C[C@@]2(CCC3CCCCC3)N=C(N)N(C)C2=O)CC1. The van der Waals surface area contributed by atoms with Gasteiger partial charge < -0.3 is 5.73 Å². The molecule has 3 rings (SSSR count). The van der Waals surface area contributed by atoms with Gasteiger partial charge in [-0.05, 0) is 37.0 Å². The maximum atomic E-state index is 13.3. The molecule has 4 nitrogen and oxygen atoms in total. The first-order valence-electron chi connectivity index (χ1n) is 13.7. The van der Waals surface area contributed by atoms with Crippen LogP contribution in [0.3, 0.4) is 0 Å². The lowest BCUT2D eigenvalue weighted by Crippen LogP contribution is -2.43. The van der Waals surface area contributed by atoms with Gasteiger partial charge in [0.15, 0.2) is 5.96 Å². The van der Waals surface area contributed by atoms with Crippen LogP contribution in [0.15, 0.2) is 4.99 Å². The average Bonchev–Trinajstić information content (AvgIpc) is 2.93. The molecule has 0 bridgehead atoms. The molecule has 178 valence electrons. The molecule has 2 fully saturated rings. The fourth-order valence-corrected chi connectivity index (χ4v) is 6.54. The molecule has 0 aromatic rings. The topological polar surface area (TPSA) is 58.7 Å². The quantitative estimate of drug-likeness (QED) is 0.288. The molecule has 31 heavy (non-hydrogen) atoms. The minimum absolute atomic E-state index is 0.164. The van der Waals surface area contributed by atoms with E-state index < -0.39 is 5.54 Å². The Hall–Kier alpha value is -1.06. The Morgan fingerprint density at radius 2 is 1.52 bits per heavy atom. The molecule has 2 N–H and O–H groups in total. The van der Waals surface area contributed by atoms with Crippen LogP contribution in [-0.2, 0) is 4.79 Å². The van der Waals surface area contributed by atoms with E-state index in [4.69, 9.17) is 10.7 Å². The first-order valence-corrected chi connectivity index (χ1v) is 13.7. The molecule has 4 heteroatoms. The smallest absolute Gasteiger partial charge is 0.257 e. The number of guanidine groups is 1. The van der Waals surface area contributed by atoms with Crippen LogP contribution in [0.25, 0.3) is 0 Å². The second-order valence-corrected chi connectivity index (χ2v) is 11.1. The number of unbranched alkanes of at least 4 members (excludes halogenated alkanes) is 4. The van der Waals surface area contributed by atoms with Crippen molar-refractivity contribution >= 4 is 11.9 Å². The van der Waals surface area contributed by atoms with Crippen molar-refractivity contribution in [2.24, 2.45) is 28.5 Å². The van der Waals surface area contributed by atoms with Gasteiger partial charge in [0.2, 0.25) is 0 Å². The largest absolute Gasteiger partial charge is 0.369 e. The summed E-state index contributed by atoms with van der Waals surface area (Å²) in [4.78, 5) is 19.8. The van der Waals surface area contributed by atoms with Gasteiger partial charge in [-0.25, -0.2) is 4.99 Å². The summed E-state index contributed by atoms with van der Waals surface area (Å²) in [7, 11) is 1.81. The summed E-state index contributed by atoms with van der Waals surface area (Å²) in [5.74, 6) is 2.92. The molecule has 1 amide bonds. The zero-order valence-electron chi connectivity index (χ0n) is 20.5. The molecule has 2 saturated carbocycles. The predicted octanol–water partition coefficient (Wildman–Crippen LogP) is 6.82. The number of likely N-dealkylation sites (N-methyl/N-ethyl adjacent to an activating group) is 1. The van der Waals surface area contributed by atoms with E-state index >= 15 is 0 Å². The van der Waals surface area contributed by atoms with E-state index in [0.717, 1.165) is 31.1 Å². The Kier molecular flexibility index (Phi) is 9.72. The second kappa shape index (κ2) is 12.3. The third-order valence-corrected chi connectivity index (χ3v) is 8.62. The van der Waals surface area contributed by atoms with Gasteiger partial charge >= 0.3 is 0 Å². The molecule has 1 heterocycles. The Morgan fingerprint density at radius 1 is 0.871 bits per heavy atom. The molecule has 0 saturated heterocycles. The standard InChI is InChI=1S/C27H49N3O/c1-3-4-5-6-8-12-22-15-11-16-24(18-17-22)21-27(25(31)30(2)26(28)29-27)20-19-23-13-9-7-10-14-23/h22-24H,3-21H2,1-2H3,(H2,28,29)/t22?,24?,27-/m1/s1. The molecule has 3 atom stereocenters. The van der Waals surface area contributed by atoms with Crippen LogP contribution in [0, 0.1) is 17.8 Å². The molecule has 3 aliphatic rings. The number of nitrogens with two attached hydrogens (primary N) is 1. The fraction of sp³-hybridized carbons (Fsp3) is 0.926. The van der Waals surface area contributed by atoms with E-state index in [2.05, 4.69) is 6.92 Å².